The normalized spacial score (nSPS) is 19.8. The van der Waals surface area contributed by atoms with Gasteiger partial charge in [0.1, 0.15) is 5.60 Å². The number of benzene rings is 1. The van der Waals surface area contributed by atoms with Crippen LogP contribution in [0.2, 0.25) is 0 Å². The van der Waals surface area contributed by atoms with Crippen molar-refractivity contribution in [2.45, 2.75) is 83.8 Å². The van der Waals surface area contributed by atoms with Gasteiger partial charge in [-0.25, -0.2) is 4.79 Å². The van der Waals surface area contributed by atoms with Crippen LogP contribution >= 0.6 is 0 Å². The molecule has 1 atom stereocenters. The van der Waals surface area contributed by atoms with Crippen LogP contribution in [0, 0.1) is 0 Å². The topological polar surface area (TPSA) is 67.7 Å². The van der Waals surface area contributed by atoms with E-state index >= 15 is 0 Å². The first-order chi connectivity index (χ1) is 16.4. The highest BCUT2D eigenvalue weighted by atomic mass is 16.6. The number of rotatable bonds is 3. The summed E-state index contributed by atoms with van der Waals surface area (Å²) in [6.45, 7) is 14.7. The molecule has 35 heavy (non-hydrogen) atoms. The van der Waals surface area contributed by atoms with Gasteiger partial charge in [-0.2, -0.15) is 5.10 Å². The highest BCUT2D eigenvalue weighted by Gasteiger charge is 2.36. The predicted molar refractivity (Wildman–Crippen MR) is 137 cm³/mol. The molecule has 0 spiro atoms. The molecule has 2 saturated heterocycles. The molecule has 0 unspecified atom stereocenters. The van der Waals surface area contributed by atoms with E-state index in [0.717, 1.165) is 38.0 Å². The third-order valence-corrected chi connectivity index (χ3v) is 6.95. The van der Waals surface area contributed by atoms with Crippen LogP contribution in [-0.2, 0) is 10.3 Å². The van der Waals surface area contributed by atoms with Gasteiger partial charge in [-0.3, -0.25) is 9.48 Å². The molecule has 7 nitrogen and oxygen atoms in total. The van der Waals surface area contributed by atoms with Gasteiger partial charge in [0, 0.05) is 38.0 Å². The number of aromatic nitrogens is 2. The lowest BCUT2D eigenvalue weighted by molar-refractivity contribution is 0.0201. The van der Waals surface area contributed by atoms with Crippen molar-refractivity contribution in [2.75, 3.05) is 26.2 Å². The van der Waals surface area contributed by atoms with E-state index in [1.54, 1.807) is 11.1 Å². The van der Waals surface area contributed by atoms with E-state index in [0.29, 0.717) is 24.6 Å². The summed E-state index contributed by atoms with van der Waals surface area (Å²) in [6, 6.07) is 10.5. The van der Waals surface area contributed by atoms with Crippen LogP contribution in [0.15, 0.2) is 36.5 Å². The number of hydrogen-bond donors (Lipinski definition) is 0. The molecular weight excluding hydrogens is 440 g/mol. The minimum absolute atomic E-state index is 0.0727. The zero-order chi connectivity index (χ0) is 25.4. The second kappa shape index (κ2) is 9.67. The van der Waals surface area contributed by atoms with E-state index < -0.39 is 5.60 Å². The van der Waals surface area contributed by atoms with E-state index in [4.69, 9.17) is 9.84 Å². The zero-order valence-corrected chi connectivity index (χ0v) is 22.1. The van der Waals surface area contributed by atoms with Crippen LogP contribution in [-0.4, -0.2) is 63.4 Å². The van der Waals surface area contributed by atoms with E-state index in [1.165, 1.54) is 5.56 Å². The molecule has 2 aliphatic heterocycles. The molecule has 0 aliphatic carbocycles. The fourth-order valence-corrected chi connectivity index (χ4v) is 5.22. The van der Waals surface area contributed by atoms with Gasteiger partial charge < -0.3 is 14.5 Å². The van der Waals surface area contributed by atoms with Crippen LogP contribution < -0.4 is 0 Å². The van der Waals surface area contributed by atoms with Crippen LogP contribution in [0.4, 0.5) is 4.79 Å². The Labute approximate surface area is 209 Å². The van der Waals surface area contributed by atoms with E-state index in [-0.39, 0.29) is 23.5 Å². The lowest BCUT2D eigenvalue weighted by Gasteiger charge is -2.35. The molecule has 4 rings (SSSR count). The number of likely N-dealkylation sites (tertiary alicyclic amines) is 2. The first kappa shape index (κ1) is 25.3. The van der Waals surface area contributed by atoms with Crippen molar-refractivity contribution in [3.63, 3.8) is 0 Å². The molecule has 1 aromatic heterocycles. The Morgan fingerprint density at radius 1 is 0.886 bits per heavy atom. The predicted octanol–water partition coefficient (Wildman–Crippen LogP) is 5.38. The van der Waals surface area contributed by atoms with Crippen LogP contribution in [0.25, 0.3) is 0 Å². The number of carbonyl (C=O) groups is 2. The molecule has 2 fully saturated rings. The molecular formula is C28H40N4O3. The molecule has 0 radical (unpaired) electrons. The number of carbonyl (C=O) groups excluding carboxylic acids is 2. The summed E-state index contributed by atoms with van der Waals surface area (Å²) in [5.74, 6) is 0.615. The summed E-state index contributed by atoms with van der Waals surface area (Å²) in [7, 11) is 0. The highest BCUT2D eigenvalue weighted by Crippen LogP contribution is 2.36. The van der Waals surface area contributed by atoms with Crippen molar-refractivity contribution in [1.82, 2.24) is 19.6 Å². The largest absolute Gasteiger partial charge is 0.444 e. The summed E-state index contributed by atoms with van der Waals surface area (Å²) in [5, 5.41) is 4.70. The Morgan fingerprint density at radius 2 is 1.49 bits per heavy atom. The van der Waals surface area contributed by atoms with E-state index in [9.17, 15) is 9.59 Å². The van der Waals surface area contributed by atoms with Gasteiger partial charge in [-0.1, -0.05) is 30.3 Å². The Hall–Kier alpha value is -2.83. The van der Waals surface area contributed by atoms with Crippen LogP contribution in [0.1, 0.15) is 94.3 Å². The molecule has 2 aromatic rings. The molecule has 3 heterocycles. The monoisotopic (exact) mass is 480 g/mol. The molecule has 7 heteroatoms. The van der Waals surface area contributed by atoms with Gasteiger partial charge in [-0.15, -0.1) is 0 Å². The van der Waals surface area contributed by atoms with Gasteiger partial charge in [0.05, 0.1) is 23.0 Å². The minimum Gasteiger partial charge on any atom is -0.444 e. The Kier molecular flexibility index (Phi) is 6.98. The standard InChI is InChI=1S/C28H40N4O3/c1-27(2,3)32-24(21-12-15-30(16-13-21)26(34)35-28(4,5)6)23(18-29-32)25(33)31-17-14-22(19-31)20-10-8-7-9-11-20/h7-11,18,21-22H,12-17,19H2,1-6H3/t22-/m0/s1. The van der Waals surface area contributed by atoms with Gasteiger partial charge in [-0.05, 0) is 66.4 Å². The number of piperidine rings is 1. The minimum atomic E-state index is -0.508. The number of ether oxygens (including phenoxy) is 1. The highest BCUT2D eigenvalue weighted by molar-refractivity contribution is 5.95. The molecule has 0 bridgehead atoms. The summed E-state index contributed by atoms with van der Waals surface area (Å²) >= 11 is 0. The molecule has 2 amide bonds. The molecule has 0 N–H and O–H groups in total. The van der Waals surface area contributed by atoms with Crippen molar-refractivity contribution >= 4 is 12.0 Å². The zero-order valence-electron chi connectivity index (χ0n) is 22.1. The van der Waals surface area contributed by atoms with E-state index in [1.807, 2.05) is 36.4 Å². The third kappa shape index (κ3) is 5.71. The first-order valence-electron chi connectivity index (χ1n) is 12.8. The molecule has 2 aliphatic rings. The van der Waals surface area contributed by atoms with Gasteiger partial charge >= 0.3 is 6.09 Å². The molecule has 1 aromatic carbocycles. The van der Waals surface area contributed by atoms with Crippen LogP contribution in [0.3, 0.4) is 0 Å². The Bertz CT molecular complexity index is 1040. The van der Waals surface area contributed by atoms with Gasteiger partial charge in [0.25, 0.3) is 5.91 Å². The summed E-state index contributed by atoms with van der Waals surface area (Å²) in [6.07, 6.45) is 4.05. The maximum absolute atomic E-state index is 13.7. The smallest absolute Gasteiger partial charge is 0.410 e. The second-order valence-electron chi connectivity index (χ2n) is 11.9. The van der Waals surface area contributed by atoms with Crippen LogP contribution in [0.5, 0.6) is 0 Å². The average molecular weight is 481 g/mol. The fourth-order valence-electron chi connectivity index (χ4n) is 5.22. The average Bonchev–Trinajstić information content (AvgIpc) is 3.46. The quantitative estimate of drug-likeness (QED) is 0.591. The Morgan fingerprint density at radius 3 is 2.09 bits per heavy atom. The van der Waals surface area contributed by atoms with E-state index in [2.05, 4.69) is 45.0 Å². The number of nitrogens with zero attached hydrogens (tertiary/aromatic N) is 4. The molecule has 0 saturated carbocycles. The van der Waals surface area contributed by atoms with Gasteiger partial charge in [0.15, 0.2) is 0 Å². The summed E-state index contributed by atoms with van der Waals surface area (Å²) in [4.78, 5) is 30.1. The summed E-state index contributed by atoms with van der Waals surface area (Å²) in [5.41, 5.74) is 2.26. The molecule has 190 valence electrons. The van der Waals surface area contributed by atoms with Crippen molar-refractivity contribution in [3.05, 3.63) is 53.3 Å². The maximum atomic E-state index is 13.7. The van der Waals surface area contributed by atoms with Crippen molar-refractivity contribution in [1.29, 1.82) is 0 Å². The van der Waals surface area contributed by atoms with Gasteiger partial charge in [0.2, 0.25) is 0 Å². The lowest BCUT2D eigenvalue weighted by Crippen LogP contribution is -2.42. The third-order valence-electron chi connectivity index (χ3n) is 6.95. The number of hydrogen-bond acceptors (Lipinski definition) is 4. The first-order valence-corrected chi connectivity index (χ1v) is 12.8. The SMILES string of the molecule is CC(C)(C)OC(=O)N1CCC(c2c(C(=O)N3CC[C@H](c4ccccc4)C3)cnn2C(C)(C)C)CC1. The van der Waals surface area contributed by atoms with Crippen molar-refractivity contribution in [3.8, 4) is 0 Å². The second-order valence-corrected chi connectivity index (χ2v) is 11.9. The number of amides is 2. The summed E-state index contributed by atoms with van der Waals surface area (Å²) < 4.78 is 7.59. The van der Waals surface area contributed by atoms with Crippen molar-refractivity contribution in [2.24, 2.45) is 0 Å². The maximum Gasteiger partial charge on any atom is 0.410 e. The Balaban J connectivity index is 1.52. The lowest BCUT2D eigenvalue weighted by atomic mass is 9.90. The van der Waals surface area contributed by atoms with Crippen molar-refractivity contribution < 1.29 is 14.3 Å². The fraction of sp³-hybridized carbons (Fsp3) is 0.607.